The third-order valence-corrected chi connectivity index (χ3v) is 6.78. The van der Waals surface area contributed by atoms with Crippen molar-refractivity contribution >= 4 is 39.8 Å². The third-order valence-electron chi connectivity index (χ3n) is 6.78. The highest BCUT2D eigenvalue weighted by Crippen LogP contribution is 2.34. The Bertz CT molecular complexity index is 1570. The van der Waals surface area contributed by atoms with Crippen molar-refractivity contribution in [2.45, 2.75) is 0 Å². The molecule has 11 heteroatoms. The van der Waals surface area contributed by atoms with Gasteiger partial charge in [0.1, 0.15) is 0 Å². The van der Waals surface area contributed by atoms with E-state index in [1.54, 1.807) is 35.2 Å². The molecule has 0 atom stereocenters. The van der Waals surface area contributed by atoms with Crippen LogP contribution in [0.5, 0.6) is 0 Å². The van der Waals surface area contributed by atoms with Crippen molar-refractivity contribution in [3.05, 3.63) is 84.8 Å². The van der Waals surface area contributed by atoms with Gasteiger partial charge in [-0.3, -0.25) is 9.69 Å². The largest absolute Gasteiger partial charge is 0.395 e. The van der Waals surface area contributed by atoms with Gasteiger partial charge in [0.05, 0.1) is 29.2 Å². The van der Waals surface area contributed by atoms with Crippen LogP contribution >= 0.6 is 0 Å². The van der Waals surface area contributed by atoms with Gasteiger partial charge in [-0.25, -0.2) is 23.1 Å². The van der Waals surface area contributed by atoms with Gasteiger partial charge in [-0.2, -0.15) is 0 Å². The van der Waals surface area contributed by atoms with Crippen molar-refractivity contribution in [1.29, 1.82) is 0 Å². The minimum absolute atomic E-state index is 0.000130. The maximum atomic E-state index is 15.4. The Morgan fingerprint density at radius 1 is 0.950 bits per heavy atom. The first-order valence-electron chi connectivity index (χ1n) is 12.7. The average Bonchev–Trinajstić information content (AvgIpc) is 2.97. The van der Waals surface area contributed by atoms with Gasteiger partial charge in [0, 0.05) is 55.4 Å². The van der Waals surface area contributed by atoms with Crippen LogP contribution in [0.4, 0.5) is 36.2 Å². The first kappa shape index (κ1) is 27.1. The van der Waals surface area contributed by atoms with E-state index in [2.05, 4.69) is 32.1 Å². The van der Waals surface area contributed by atoms with Crippen LogP contribution < -0.4 is 15.5 Å². The number of para-hydroxylation sites is 1. The molecule has 0 radical (unpaired) electrons. The lowest BCUT2D eigenvalue weighted by Crippen LogP contribution is -2.47. The lowest BCUT2D eigenvalue weighted by molar-refractivity contribution is -0.111. The van der Waals surface area contributed by atoms with Crippen molar-refractivity contribution in [3.63, 3.8) is 0 Å². The van der Waals surface area contributed by atoms with Crippen molar-refractivity contribution in [1.82, 2.24) is 14.9 Å². The minimum atomic E-state index is -1.07. The smallest absolute Gasteiger partial charge is 0.247 e. The molecule has 1 aromatic heterocycles. The molecule has 0 spiro atoms. The molecule has 1 saturated heterocycles. The fraction of sp³-hybridized carbons (Fsp3) is 0.207. The summed E-state index contributed by atoms with van der Waals surface area (Å²) in [6.45, 7) is 6.27. The number of anilines is 4. The maximum Gasteiger partial charge on any atom is 0.247 e. The van der Waals surface area contributed by atoms with E-state index >= 15 is 13.2 Å². The van der Waals surface area contributed by atoms with Gasteiger partial charge in [-0.15, -0.1) is 0 Å². The number of fused-ring (bicyclic) bond motifs is 1. The molecule has 0 bridgehead atoms. The highest BCUT2D eigenvalue weighted by atomic mass is 19.2. The van der Waals surface area contributed by atoms with Gasteiger partial charge in [0.15, 0.2) is 17.5 Å². The van der Waals surface area contributed by atoms with Gasteiger partial charge in [0.25, 0.3) is 0 Å². The number of benzene rings is 3. The molecule has 0 aliphatic carbocycles. The van der Waals surface area contributed by atoms with Crippen molar-refractivity contribution in [2.75, 3.05) is 54.9 Å². The van der Waals surface area contributed by atoms with E-state index in [1.807, 2.05) is 0 Å². The van der Waals surface area contributed by atoms with Crippen LogP contribution in [0.2, 0.25) is 0 Å². The number of nitrogens with one attached hydrogen (secondary N) is 2. The number of aliphatic hydroxyl groups is 1. The summed E-state index contributed by atoms with van der Waals surface area (Å²) >= 11 is 0. The molecule has 40 heavy (non-hydrogen) atoms. The van der Waals surface area contributed by atoms with E-state index in [-0.39, 0.29) is 35.2 Å². The monoisotopic (exact) mass is 548 g/mol. The molecule has 0 saturated carbocycles. The number of aromatic nitrogens is 2. The minimum Gasteiger partial charge on any atom is -0.395 e. The van der Waals surface area contributed by atoms with Gasteiger partial charge < -0.3 is 20.6 Å². The maximum absolute atomic E-state index is 15.4. The highest BCUT2D eigenvalue weighted by molar-refractivity contribution is 6.00. The fourth-order valence-corrected chi connectivity index (χ4v) is 4.71. The predicted octanol–water partition coefficient (Wildman–Crippen LogP) is 4.70. The van der Waals surface area contributed by atoms with Crippen LogP contribution in [-0.2, 0) is 4.79 Å². The molecule has 206 valence electrons. The van der Waals surface area contributed by atoms with Gasteiger partial charge in [-0.1, -0.05) is 36.9 Å². The molecule has 5 rings (SSSR count). The van der Waals surface area contributed by atoms with Crippen molar-refractivity contribution in [2.24, 2.45) is 0 Å². The zero-order valence-corrected chi connectivity index (χ0v) is 21.5. The van der Waals surface area contributed by atoms with Crippen LogP contribution in [0, 0.1) is 17.5 Å². The number of hydrogen-bond donors (Lipinski definition) is 3. The van der Waals surface area contributed by atoms with Crippen LogP contribution in [0.1, 0.15) is 0 Å². The molecule has 1 amide bonds. The van der Waals surface area contributed by atoms with E-state index in [1.165, 1.54) is 24.4 Å². The first-order chi connectivity index (χ1) is 19.4. The number of piperazine rings is 1. The molecule has 2 heterocycles. The molecule has 3 N–H and O–H groups in total. The van der Waals surface area contributed by atoms with E-state index in [0.29, 0.717) is 49.2 Å². The summed E-state index contributed by atoms with van der Waals surface area (Å²) in [4.78, 5) is 24.3. The Morgan fingerprint density at radius 2 is 1.70 bits per heavy atom. The molecular formula is C29H27F3N6O2. The summed E-state index contributed by atoms with van der Waals surface area (Å²) in [5.74, 6) is -3.25. The van der Waals surface area contributed by atoms with E-state index in [4.69, 9.17) is 5.11 Å². The summed E-state index contributed by atoms with van der Waals surface area (Å²) in [6.07, 6.45) is 2.55. The Balaban J connectivity index is 1.43. The summed E-state index contributed by atoms with van der Waals surface area (Å²) < 4.78 is 45.6. The number of halogens is 3. The van der Waals surface area contributed by atoms with Crippen molar-refractivity contribution < 1.29 is 23.1 Å². The van der Waals surface area contributed by atoms with E-state index < -0.39 is 23.4 Å². The number of carbonyl (C=O) groups is 1. The van der Waals surface area contributed by atoms with Crippen LogP contribution in [-0.4, -0.2) is 65.2 Å². The molecule has 1 fully saturated rings. The summed E-state index contributed by atoms with van der Waals surface area (Å²) in [7, 11) is 0. The van der Waals surface area contributed by atoms with E-state index in [0.717, 1.165) is 6.08 Å². The Kier molecular flexibility index (Phi) is 7.94. The number of rotatable bonds is 8. The van der Waals surface area contributed by atoms with Crippen molar-refractivity contribution in [3.8, 4) is 11.1 Å². The van der Waals surface area contributed by atoms with Gasteiger partial charge in [0.2, 0.25) is 11.9 Å². The normalized spacial score (nSPS) is 13.8. The third kappa shape index (κ3) is 5.47. The van der Waals surface area contributed by atoms with Gasteiger partial charge >= 0.3 is 0 Å². The van der Waals surface area contributed by atoms with Crippen LogP contribution in [0.25, 0.3) is 22.0 Å². The number of aliphatic hydroxyl groups excluding tert-OH is 1. The second kappa shape index (κ2) is 11.7. The van der Waals surface area contributed by atoms with Crippen LogP contribution in [0.15, 0.2) is 67.4 Å². The number of nitrogens with zero attached hydrogens (tertiary/aromatic N) is 4. The molecular weight excluding hydrogens is 521 g/mol. The zero-order chi connectivity index (χ0) is 28.2. The summed E-state index contributed by atoms with van der Waals surface area (Å²) in [6, 6.07) is 12.7. The number of carbonyl (C=O) groups excluding carboxylic acids is 1. The lowest BCUT2D eigenvalue weighted by atomic mass is 10.0. The summed E-state index contributed by atoms with van der Waals surface area (Å²) in [5, 5.41) is 14.9. The Hall–Kier alpha value is -4.48. The molecule has 3 aromatic carbocycles. The second-order valence-corrected chi connectivity index (χ2v) is 9.24. The highest BCUT2D eigenvalue weighted by Gasteiger charge is 2.23. The molecule has 4 aromatic rings. The lowest BCUT2D eigenvalue weighted by Gasteiger charge is -2.36. The first-order valence-corrected chi connectivity index (χ1v) is 12.7. The number of amides is 1. The number of β-amino-alcohol motifs (C(OH)–C–C–N with tert-alkyl or cyclic N) is 1. The SMILES string of the molecule is C=CC(=O)Nc1cccc(-c2cccc3cnc(Nc4ccc(N5CCN(CCO)CC5)c(F)c4F)nc23)c1F. The fourth-order valence-electron chi connectivity index (χ4n) is 4.71. The van der Waals surface area contributed by atoms with Gasteiger partial charge in [-0.05, 0) is 24.3 Å². The molecule has 0 unspecified atom stereocenters. The Labute approximate surface area is 228 Å². The quantitative estimate of drug-likeness (QED) is 0.275. The molecule has 8 nitrogen and oxygen atoms in total. The average molecular weight is 549 g/mol. The zero-order valence-electron chi connectivity index (χ0n) is 21.5. The summed E-state index contributed by atoms with van der Waals surface area (Å²) in [5.41, 5.74) is 1.00. The van der Waals surface area contributed by atoms with E-state index in [9.17, 15) is 4.79 Å². The topological polar surface area (TPSA) is 93.6 Å². The number of hydrogen-bond acceptors (Lipinski definition) is 7. The molecule has 1 aliphatic rings. The standard InChI is InChI=1S/C29H27F3N6O2/c1-2-24(40)34-21-8-4-6-19(25(21)30)20-7-3-5-18-17-33-29(36-28(18)20)35-22-9-10-23(27(32)26(22)31)38-13-11-37(12-14-38)15-16-39/h2-10,17,39H,1,11-16H2,(H,34,40)(H,33,35,36). The Morgan fingerprint density at radius 3 is 2.45 bits per heavy atom. The predicted molar refractivity (Wildman–Crippen MR) is 149 cm³/mol. The molecule has 1 aliphatic heterocycles. The van der Waals surface area contributed by atoms with Crippen LogP contribution in [0.3, 0.4) is 0 Å². The second-order valence-electron chi connectivity index (χ2n) is 9.24.